The maximum absolute atomic E-state index is 12.6. The van der Waals surface area contributed by atoms with Crippen LogP contribution in [-0.4, -0.2) is 48.3 Å². The molecule has 0 atom stereocenters. The molecule has 1 fully saturated rings. The Morgan fingerprint density at radius 2 is 1.70 bits per heavy atom. The third-order valence-corrected chi connectivity index (χ3v) is 7.42. The largest absolute Gasteiger partial charge is 0.344 e. The van der Waals surface area contributed by atoms with Gasteiger partial charge >= 0.3 is 0 Å². The van der Waals surface area contributed by atoms with E-state index in [1.807, 2.05) is 30.3 Å². The summed E-state index contributed by atoms with van der Waals surface area (Å²) in [6.45, 7) is 4.16. The number of sulfonamides is 1. The van der Waals surface area contributed by atoms with Gasteiger partial charge in [0.25, 0.3) is 0 Å². The number of benzene rings is 2. The minimum absolute atomic E-state index is 0.439. The van der Waals surface area contributed by atoms with Crippen LogP contribution < -0.4 is 4.90 Å². The molecule has 8 heteroatoms. The highest BCUT2D eigenvalue weighted by atomic mass is 32.2. The van der Waals surface area contributed by atoms with Gasteiger partial charge in [0.2, 0.25) is 15.2 Å². The lowest BCUT2D eigenvalue weighted by atomic mass is 10.1. The molecule has 156 valence electrons. The molecule has 0 saturated carbocycles. The Kier molecular flexibility index (Phi) is 6.26. The molecular weight excluding hydrogens is 416 g/mol. The van der Waals surface area contributed by atoms with Gasteiger partial charge in [0.05, 0.1) is 0 Å². The molecule has 6 nitrogen and oxygen atoms in total. The zero-order valence-corrected chi connectivity index (χ0v) is 18.4. The van der Waals surface area contributed by atoms with Crippen molar-refractivity contribution in [2.24, 2.45) is 0 Å². The van der Waals surface area contributed by atoms with E-state index in [9.17, 15) is 8.42 Å². The fourth-order valence-corrected chi connectivity index (χ4v) is 5.19. The lowest BCUT2D eigenvalue weighted by Gasteiger charge is -2.32. The Labute approximate surface area is 181 Å². The predicted octanol–water partition coefficient (Wildman–Crippen LogP) is 3.56. The van der Waals surface area contributed by atoms with Gasteiger partial charge in [0.1, 0.15) is 5.82 Å². The van der Waals surface area contributed by atoms with E-state index >= 15 is 0 Å². The van der Waals surface area contributed by atoms with Crippen LogP contribution in [0.15, 0.2) is 60.0 Å². The summed E-state index contributed by atoms with van der Waals surface area (Å²) in [5.74, 6) is 0.805. The van der Waals surface area contributed by atoms with Crippen molar-refractivity contribution >= 4 is 32.8 Å². The van der Waals surface area contributed by atoms with Crippen molar-refractivity contribution in [3.63, 3.8) is 0 Å². The summed E-state index contributed by atoms with van der Waals surface area (Å²) >= 11 is 1.38. The van der Waals surface area contributed by atoms with Gasteiger partial charge in [-0.2, -0.15) is 8.68 Å². The molecule has 1 aliphatic heterocycles. The fraction of sp³-hybridized carbons (Fsp3) is 0.273. The van der Waals surface area contributed by atoms with Crippen LogP contribution in [0.5, 0.6) is 0 Å². The van der Waals surface area contributed by atoms with E-state index in [1.54, 1.807) is 6.08 Å². The summed E-state index contributed by atoms with van der Waals surface area (Å²) in [5, 5.41) is 2.15. The summed E-state index contributed by atoms with van der Waals surface area (Å²) in [6, 6.07) is 17.8. The monoisotopic (exact) mass is 440 g/mol. The van der Waals surface area contributed by atoms with E-state index in [1.165, 1.54) is 32.4 Å². The standard InChI is InChI=1S/C22H24N4O2S2/c1-18-7-9-20(10-8-18)17-21-23-22(29-24-21)25-12-14-26(15-13-25)30(27,28)16-11-19-5-3-2-4-6-19/h2-11,16H,12-15,17H2,1H3/b16-11+. The van der Waals surface area contributed by atoms with Crippen LogP contribution in [0.1, 0.15) is 22.5 Å². The van der Waals surface area contributed by atoms with E-state index in [-0.39, 0.29) is 0 Å². The minimum atomic E-state index is -3.43. The van der Waals surface area contributed by atoms with Crippen LogP contribution >= 0.6 is 11.5 Å². The van der Waals surface area contributed by atoms with Crippen molar-refractivity contribution in [3.8, 4) is 0 Å². The Morgan fingerprint density at radius 3 is 2.40 bits per heavy atom. The van der Waals surface area contributed by atoms with Crippen molar-refractivity contribution in [1.29, 1.82) is 0 Å². The zero-order chi connectivity index (χ0) is 21.0. The molecule has 2 heterocycles. The van der Waals surface area contributed by atoms with E-state index < -0.39 is 10.0 Å². The topological polar surface area (TPSA) is 66.4 Å². The third-order valence-electron chi connectivity index (χ3n) is 5.04. The molecule has 1 saturated heterocycles. The van der Waals surface area contributed by atoms with Gasteiger partial charge in [-0.05, 0) is 24.1 Å². The van der Waals surface area contributed by atoms with Crippen LogP contribution in [-0.2, 0) is 16.4 Å². The van der Waals surface area contributed by atoms with Gasteiger partial charge in [-0.1, -0.05) is 60.2 Å². The Hall–Kier alpha value is -2.55. The molecule has 3 aromatic rings. The quantitative estimate of drug-likeness (QED) is 0.586. The van der Waals surface area contributed by atoms with Gasteiger partial charge in [-0.15, -0.1) is 0 Å². The van der Waals surface area contributed by atoms with Gasteiger partial charge in [0.15, 0.2) is 0 Å². The first kappa shape index (κ1) is 20.7. The van der Waals surface area contributed by atoms with E-state index in [2.05, 4.69) is 45.4 Å². The van der Waals surface area contributed by atoms with Crippen molar-refractivity contribution in [3.05, 3.63) is 82.5 Å². The predicted molar refractivity (Wildman–Crippen MR) is 122 cm³/mol. The number of anilines is 1. The maximum atomic E-state index is 12.6. The highest BCUT2D eigenvalue weighted by molar-refractivity contribution is 7.92. The summed E-state index contributed by atoms with van der Waals surface area (Å²) in [7, 11) is -3.43. The first-order valence-corrected chi connectivity index (χ1v) is 12.1. The average Bonchev–Trinajstić information content (AvgIpc) is 3.23. The van der Waals surface area contributed by atoms with Crippen LogP contribution in [0.2, 0.25) is 0 Å². The Balaban J connectivity index is 1.35. The minimum Gasteiger partial charge on any atom is -0.344 e. The molecule has 1 aromatic heterocycles. The van der Waals surface area contributed by atoms with Gasteiger partial charge in [-0.3, -0.25) is 0 Å². The molecule has 0 aliphatic carbocycles. The normalized spacial score (nSPS) is 15.7. The number of piperazine rings is 1. The second kappa shape index (κ2) is 9.07. The van der Waals surface area contributed by atoms with Crippen LogP contribution in [0.25, 0.3) is 6.08 Å². The van der Waals surface area contributed by atoms with Gasteiger partial charge < -0.3 is 4.90 Å². The number of aromatic nitrogens is 2. The van der Waals surface area contributed by atoms with E-state index in [0.717, 1.165) is 16.5 Å². The molecule has 30 heavy (non-hydrogen) atoms. The lowest BCUT2D eigenvalue weighted by molar-refractivity contribution is 0.390. The second-order valence-corrected chi connectivity index (χ2v) is 9.85. The van der Waals surface area contributed by atoms with Crippen molar-refractivity contribution in [2.75, 3.05) is 31.1 Å². The van der Waals surface area contributed by atoms with Crippen LogP contribution in [0.4, 0.5) is 5.13 Å². The summed E-state index contributed by atoms with van der Waals surface area (Å²) in [6.07, 6.45) is 2.35. The maximum Gasteiger partial charge on any atom is 0.236 e. The molecule has 0 radical (unpaired) electrons. The molecule has 0 unspecified atom stereocenters. The zero-order valence-electron chi connectivity index (χ0n) is 16.8. The number of rotatable bonds is 6. The Morgan fingerprint density at radius 1 is 1.00 bits per heavy atom. The van der Waals surface area contributed by atoms with Gasteiger partial charge in [-0.25, -0.2) is 13.4 Å². The van der Waals surface area contributed by atoms with Crippen molar-refractivity contribution < 1.29 is 8.42 Å². The van der Waals surface area contributed by atoms with Crippen LogP contribution in [0, 0.1) is 6.92 Å². The molecule has 0 amide bonds. The smallest absolute Gasteiger partial charge is 0.236 e. The van der Waals surface area contributed by atoms with Crippen molar-refractivity contribution in [1.82, 2.24) is 13.7 Å². The molecular formula is C22H24N4O2S2. The highest BCUT2D eigenvalue weighted by Gasteiger charge is 2.26. The first-order valence-electron chi connectivity index (χ1n) is 9.86. The molecule has 1 aliphatic rings. The molecule has 4 rings (SSSR count). The molecule has 2 aromatic carbocycles. The molecule has 0 N–H and O–H groups in total. The van der Waals surface area contributed by atoms with E-state index in [0.29, 0.717) is 32.6 Å². The fourth-order valence-electron chi connectivity index (χ4n) is 3.28. The highest BCUT2D eigenvalue weighted by Crippen LogP contribution is 2.22. The van der Waals surface area contributed by atoms with Crippen LogP contribution in [0.3, 0.4) is 0 Å². The van der Waals surface area contributed by atoms with Gasteiger partial charge in [0, 0.05) is 49.5 Å². The summed E-state index contributed by atoms with van der Waals surface area (Å²) < 4.78 is 31.3. The van der Waals surface area contributed by atoms with Crippen molar-refractivity contribution in [2.45, 2.75) is 13.3 Å². The lowest BCUT2D eigenvalue weighted by Crippen LogP contribution is -2.48. The molecule has 0 bridgehead atoms. The number of hydrogen-bond acceptors (Lipinski definition) is 6. The number of nitrogens with zero attached hydrogens (tertiary/aromatic N) is 4. The first-order chi connectivity index (χ1) is 14.5. The summed E-state index contributed by atoms with van der Waals surface area (Å²) in [4.78, 5) is 6.78. The second-order valence-electron chi connectivity index (χ2n) is 7.30. The SMILES string of the molecule is Cc1ccc(Cc2nsc(N3CCN(S(=O)(=O)/C=C/c4ccccc4)CC3)n2)cc1. The summed E-state index contributed by atoms with van der Waals surface area (Å²) in [5.41, 5.74) is 3.29. The Bertz CT molecular complexity index is 1100. The molecule has 0 spiro atoms. The average molecular weight is 441 g/mol. The number of hydrogen-bond donors (Lipinski definition) is 0. The van der Waals surface area contributed by atoms with E-state index in [4.69, 9.17) is 0 Å². The third kappa shape index (κ3) is 5.13. The number of aryl methyl sites for hydroxylation is 1.